The normalized spacial score (nSPS) is 9.77. The topological polar surface area (TPSA) is 37.8 Å². The molecule has 3 nitrogen and oxygen atoms in total. The molecule has 2 heterocycles. The Hall–Kier alpha value is -2.20. The predicted octanol–water partition coefficient (Wildman–Crippen LogP) is 5.15. The number of anilines is 1. The van der Waals surface area contributed by atoms with E-state index in [9.17, 15) is 0 Å². The summed E-state index contributed by atoms with van der Waals surface area (Å²) < 4.78 is 0. The van der Waals surface area contributed by atoms with Gasteiger partial charge in [0.1, 0.15) is 0 Å². The zero-order chi connectivity index (χ0) is 15.8. The standard InChI is InChI=1S/C16H15N3S.C2H6/c1-12-3-2-4-13(9-12)10-18-16-19-15(11-20-16)14-5-7-17-8-6-14;1-2/h2-9,11H,10H2,1H3,(H,18,19);1-2H3. The maximum absolute atomic E-state index is 4.60. The Morgan fingerprint density at radius 2 is 1.86 bits per heavy atom. The fourth-order valence-corrected chi connectivity index (χ4v) is 2.73. The van der Waals surface area contributed by atoms with E-state index in [1.165, 1.54) is 11.1 Å². The van der Waals surface area contributed by atoms with Crippen LogP contribution in [0, 0.1) is 6.92 Å². The van der Waals surface area contributed by atoms with Crippen molar-refractivity contribution in [3.05, 3.63) is 65.3 Å². The molecule has 0 saturated carbocycles. The number of aromatic nitrogens is 2. The number of nitrogens with zero attached hydrogens (tertiary/aromatic N) is 2. The lowest BCUT2D eigenvalue weighted by Crippen LogP contribution is -1.99. The summed E-state index contributed by atoms with van der Waals surface area (Å²) in [5.74, 6) is 0. The highest BCUT2D eigenvalue weighted by atomic mass is 32.1. The van der Waals surface area contributed by atoms with Gasteiger partial charge in [-0.05, 0) is 24.6 Å². The molecule has 2 aromatic heterocycles. The van der Waals surface area contributed by atoms with Crippen LogP contribution >= 0.6 is 11.3 Å². The Labute approximate surface area is 136 Å². The molecule has 1 N–H and O–H groups in total. The maximum atomic E-state index is 4.60. The molecular formula is C18H21N3S. The van der Waals surface area contributed by atoms with Crippen molar-refractivity contribution in [3.63, 3.8) is 0 Å². The molecule has 0 fully saturated rings. The minimum Gasteiger partial charge on any atom is -0.357 e. The molecule has 0 bridgehead atoms. The summed E-state index contributed by atoms with van der Waals surface area (Å²) in [6.45, 7) is 6.90. The van der Waals surface area contributed by atoms with Crippen molar-refractivity contribution in [1.29, 1.82) is 0 Å². The first-order valence-corrected chi connectivity index (χ1v) is 8.34. The number of nitrogens with one attached hydrogen (secondary N) is 1. The lowest BCUT2D eigenvalue weighted by atomic mass is 10.1. The highest BCUT2D eigenvalue weighted by Crippen LogP contribution is 2.24. The first kappa shape index (κ1) is 16.2. The van der Waals surface area contributed by atoms with Crippen molar-refractivity contribution >= 4 is 16.5 Å². The molecule has 1 aromatic carbocycles. The Kier molecular flexibility index (Phi) is 6.10. The number of hydrogen-bond acceptors (Lipinski definition) is 4. The third-order valence-corrected chi connectivity index (χ3v) is 3.81. The molecule has 0 amide bonds. The summed E-state index contributed by atoms with van der Waals surface area (Å²) in [6.07, 6.45) is 3.57. The number of aryl methyl sites for hydroxylation is 1. The molecule has 0 aliphatic carbocycles. The summed E-state index contributed by atoms with van der Waals surface area (Å²) in [5, 5.41) is 6.38. The average Bonchev–Trinajstić information content (AvgIpc) is 3.05. The fraction of sp³-hybridized carbons (Fsp3) is 0.222. The molecule has 3 aromatic rings. The van der Waals surface area contributed by atoms with Crippen molar-refractivity contribution in [2.45, 2.75) is 27.3 Å². The summed E-state index contributed by atoms with van der Waals surface area (Å²) in [4.78, 5) is 8.62. The van der Waals surface area contributed by atoms with Crippen LogP contribution in [-0.4, -0.2) is 9.97 Å². The second-order valence-corrected chi connectivity index (χ2v) is 5.47. The van der Waals surface area contributed by atoms with E-state index >= 15 is 0 Å². The van der Waals surface area contributed by atoms with E-state index in [-0.39, 0.29) is 0 Å². The highest BCUT2D eigenvalue weighted by molar-refractivity contribution is 7.14. The van der Waals surface area contributed by atoms with Gasteiger partial charge in [0.25, 0.3) is 0 Å². The number of pyridine rings is 1. The minimum absolute atomic E-state index is 0.797. The van der Waals surface area contributed by atoms with Gasteiger partial charge in [-0.1, -0.05) is 43.7 Å². The molecule has 0 saturated heterocycles. The summed E-state index contributed by atoms with van der Waals surface area (Å²) in [7, 11) is 0. The predicted molar refractivity (Wildman–Crippen MR) is 95.2 cm³/mol. The number of benzene rings is 1. The number of thiazole rings is 1. The van der Waals surface area contributed by atoms with E-state index in [1.807, 2.05) is 26.0 Å². The van der Waals surface area contributed by atoms with Crippen LogP contribution < -0.4 is 5.32 Å². The van der Waals surface area contributed by atoms with Crippen LogP contribution in [0.4, 0.5) is 5.13 Å². The minimum atomic E-state index is 0.797. The second kappa shape index (κ2) is 8.29. The molecule has 0 aliphatic heterocycles. The van der Waals surface area contributed by atoms with Crippen LogP contribution in [0.3, 0.4) is 0 Å². The van der Waals surface area contributed by atoms with Crippen LogP contribution in [0.25, 0.3) is 11.3 Å². The summed E-state index contributed by atoms with van der Waals surface area (Å²) >= 11 is 1.63. The second-order valence-electron chi connectivity index (χ2n) is 4.62. The van der Waals surface area contributed by atoms with E-state index in [0.717, 1.165) is 22.9 Å². The molecule has 0 radical (unpaired) electrons. The number of hydrogen-bond donors (Lipinski definition) is 1. The molecule has 4 heteroatoms. The van der Waals surface area contributed by atoms with Crippen LogP contribution in [0.2, 0.25) is 0 Å². The van der Waals surface area contributed by atoms with Crippen molar-refractivity contribution in [2.75, 3.05) is 5.32 Å². The summed E-state index contributed by atoms with van der Waals surface area (Å²) in [6, 6.07) is 12.4. The van der Waals surface area contributed by atoms with E-state index in [4.69, 9.17) is 0 Å². The fourth-order valence-electron chi connectivity index (χ4n) is 2.01. The number of rotatable bonds is 4. The van der Waals surface area contributed by atoms with Crippen LogP contribution in [0.1, 0.15) is 25.0 Å². The summed E-state index contributed by atoms with van der Waals surface area (Å²) in [5.41, 5.74) is 4.63. The smallest absolute Gasteiger partial charge is 0.183 e. The third-order valence-electron chi connectivity index (χ3n) is 3.01. The van der Waals surface area contributed by atoms with E-state index in [1.54, 1.807) is 23.7 Å². The van der Waals surface area contributed by atoms with E-state index in [0.29, 0.717) is 0 Å². The van der Waals surface area contributed by atoms with E-state index in [2.05, 4.69) is 51.9 Å². The zero-order valence-corrected chi connectivity index (χ0v) is 14.0. The van der Waals surface area contributed by atoms with Gasteiger partial charge in [-0.3, -0.25) is 4.98 Å². The van der Waals surface area contributed by atoms with Gasteiger partial charge in [-0.2, -0.15) is 0 Å². The lowest BCUT2D eigenvalue weighted by molar-refractivity contribution is 1.13. The van der Waals surface area contributed by atoms with Gasteiger partial charge in [0.2, 0.25) is 0 Å². The molecule has 0 unspecified atom stereocenters. The van der Waals surface area contributed by atoms with Crippen LogP contribution in [0.15, 0.2) is 54.2 Å². The SMILES string of the molecule is CC.Cc1cccc(CNc2nc(-c3ccncc3)cs2)c1. The van der Waals surface area contributed by atoms with E-state index < -0.39 is 0 Å². The first-order chi connectivity index (χ1) is 10.8. The van der Waals surface area contributed by atoms with Crippen molar-refractivity contribution in [3.8, 4) is 11.3 Å². The van der Waals surface area contributed by atoms with Gasteiger partial charge in [0.05, 0.1) is 5.69 Å². The monoisotopic (exact) mass is 311 g/mol. The van der Waals surface area contributed by atoms with Gasteiger partial charge in [0.15, 0.2) is 5.13 Å². The Bertz CT molecular complexity index is 692. The van der Waals surface area contributed by atoms with Crippen molar-refractivity contribution in [2.24, 2.45) is 0 Å². The molecule has 0 spiro atoms. The zero-order valence-electron chi connectivity index (χ0n) is 13.2. The van der Waals surface area contributed by atoms with Gasteiger partial charge >= 0.3 is 0 Å². The first-order valence-electron chi connectivity index (χ1n) is 7.46. The molecular weight excluding hydrogens is 290 g/mol. The average molecular weight is 311 g/mol. The van der Waals surface area contributed by atoms with Gasteiger partial charge in [-0.15, -0.1) is 11.3 Å². The quantitative estimate of drug-likeness (QED) is 0.724. The molecule has 3 rings (SSSR count). The third kappa shape index (κ3) is 4.40. The molecule has 0 atom stereocenters. The van der Waals surface area contributed by atoms with Gasteiger partial charge in [0, 0.05) is 29.9 Å². The molecule has 0 aliphatic rings. The van der Waals surface area contributed by atoms with Crippen LogP contribution in [-0.2, 0) is 6.54 Å². The lowest BCUT2D eigenvalue weighted by Gasteiger charge is -2.03. The van der Waals surface area contributed by atoms with Crippen molar-refractivity contribution < 1.29 is 0 Å². The maximum Gasteiger partial charge on any atom is 0.183 e. The highest BCUT2D eigenvalue weighted by Gasteiger charge is 2.04. The Balaban J connectivity index is 0.000000847. The van der Waals surface area contributed by atoms with Gasteiger partial charge in [-0.25, -0.2) is 4.98 Å². The Morgan fingerprint density at radius 3 is 2.59 bits per heavy atom. The molecule has 22 heavy (non-hydrogen) atoms. The van der Waals surface area contributed by atoms with Gasteiger partial charge < -0.3 is 5.32 Å². The molecule has 114 valence electrons. The largest absolute Gasteiger partial charge is 0.357 e. The van der Waals surface area contributed by atoms with Crippen LogP contribution in [0.5, 0.6) is 0 Å². The van der Waals surface area contributed by atoms with Crippen molar-refractivity contribution in [1.82, 2.24) is 9.97 Å². The Morgan fingerprint density at radius 1 is 1.09 bits per heavy atom.